The van der Waals surface area contributed by atoms with Crippen molar-refractivity contribution in [2.75, 3.05) is 9.80 Å². The first-order chi connectivity index (χ1) is 24.9. The second-order valence-corrected chi connectivity index (χ2v) is 15.0. The van der Waals surface area contributed by atoms with E-state index in [0.717, 1.165) is 11.4 Å². The lowest BCUT2D eigenvalue weighted by Crippen LogP contribution is -2.62. The van der Waals surface area contributed by atoms with Gasteiger partial charge in [-0.3, -0.25) is 0 Å². The molecule has 0 spiro atoms. The van der Waals surface area contributed by atoms with Crippen molar-refractivity contribution >= 4 is 57.2 Å². The third kappa shape index (κ3) is 4.87. The summed E-state index contributed by atoms with van der Waals surface area (Å²) in [6, 6.07) is 64.9. The van der Waals surface area contributed by atoms with Crippen molar-refractivity contribution in [2.24, 2.45) is 0 Å². The van der Waals surface area contributed by atoms with Crippen LogP contribution in [0.1, 0.15) is 49.9 Å². The topological polar surface area (TPSA) is 6.48 Å². The van der Waals surface area contributed by atoms with E-state index in [4.69, 9.17) is 0 Å². The third-order valence-electron chi connectivity index (χ3n) is 11.4. The highest BCUT2D eigenvalue weighted by atomic mass is 15.2. The summed E-state index contributed by atoms with van der Waals surface area (Å²) in [5, 5.41) is 0. The van der Waals surface area contributed by atoms with Gasteiger partial charge in [0.05, 0.1) is 0 Å². The number of nitrogens with zero attached hydrogens (tertiary/aromatic N) is 2. The quantitative estimate of drug-likeness (QED) is 0.164. The largest absolute Gasteiger partial charge is 0.311 e. The SMILES string of the molecule is CC(C)(c1ccccc1)c1ccc2c(c1)N(c1ccccc1)c1c(C(C)(C)c3ccccc3)ccc3c1B2c1ccccc1N3c1ccccc1. The summed E-state index contributed by atoms with van der Waals surface area (Å²) in [4.78, 5) is 5.05. The number of para-hydroxylation sites is 3. The van der Waals surface area contributed by atoms with Crippen LogP contribution >= 0.6 is 0 Å². The average molecular weight is 657 g/mol. The maximum Gasteiger partial charge on any atom is 0.252 e. The standard InChI is InChI=1S/C48H41BN2/c1-47(2,34-19-9-5-10-20-34)36-29-31-41-44(33-36)51(38-25-15-8-16-26-38)46-39(48(3,4)35-21-11-6-12-22-35)30-32-43-45(46)49(41)40-27-17-18-28-42(40)50(43)37-23-13-7-14-24-37/h5-33H,1-4H3. The van der Waals surface area contributed by atoms with Crippen LogP contribution in [0.4, 0.5) is 34.1 Å². The van der Waals surface area contributed by atoms with Crippen LogP contribution in [0.2, 0.25) is 0 Å². The maximum atomic E-state index is 2.58. The molecule has 51 heavy (non-hydrogen) atoms. The molecule has 9 rings (SSSR count). The average Bonchev–Trinajstić information content (AvgIpc) is 3.18. The summed E-state index contributed by atoms with van der Waals surface area (Å²) in [5.74, 6) is 0. The Bertz CT molecular complexity index is 2370. The second kappa shape index (κ2) is 11.9. The molecular formula is C48H41BN2. The van der Waals surface area contributed by atoms with Gasteiger partial charge < -0.3 is 9.80 Å². The molecule has 0 unspecified atom stereocenters. The zero-order valence-electron chi connectivity index (χ0n) is 29.7. The molecule has 2 aliphatic heterocycles. The maximum absolute atomic E-state index is 2.58. The van der Waals surface area contributed by atoms with E-state index in [1.165, 1.54) is 61.4 Å². The van der Waals surface area contributed by atoms with Crippen molar-refractivity contribution in [3.05, 3.63) is 198 Å². The van der Waals surface area contributed by atoms with Gasteiger partial charge in [-0.25, -0.2) is 0 Å². The molecule has 7 aromatic rings. The molecule has 246 valence electrons. The Kier molecular flexibility index (Phi) is 7.29. The minimum Gasteiger partial charge on any atom is -0.311 e. The van der Waals surface area contributed by atoms with Gasteiger partial charge in [0.25, 0.3) is 6.71 Å². The molecule has 2 nitrogen and oxygen atoms in total. The molecular weight excluding hydrogens is 615 g/mol. The van der Waals surface area contributed by atoms with E-state index < -0.39 is 0 Å². The van der Waals surface area contributed by atoms with Crippen molar-refractivity contribution < 1.29 is 0 Å². The van der Waals surface area contributed by atoms with Gasteiger partial charge in [-0.05, 0) is 81.1 Å². The molecule has 2 aliphatic rings. The van der Waals surface area contributed by atoms with Gasteiger partial charge in [0, 0.05) is 45.0 Å². The molecule has 0 bridgehead atoms. The van der Waals surface area contributed by atoms with Gasteiger partial charge in [0.1, 0.15) is 0 Å². The monoisotopic (exact) mass is 656 g/mol. The number of fused-ring (bicyclic) bond motifs is 4. The molecule has 7 aromatic carbocycles. The Morgan fingerprint density at radius 1 is 0.392 bits per heavy atom. The Morgan fingerprint density at radius 2 is 0.902 bits per heavy atom. The molecule has 3 heteroatoms. The van der Waals surface area contributed by atoms with Crippen molar-refractivity contribution in [2.45, 2.75) is 38.5 Å². The van der Waals surface area contributed by atoms with E-state index in [9.17, 15) is 0 Å². The van der Waals surface area contributed by atoms with E-state index in [0.29, 0.717) is 0 Å². The molecule has 0 radical (unpaired) electrons. The van der Waals surface area contributed by atoms with Crippen molar-refractivity contribution in [3.63, 3.8) is 0 Å². The molecule has 0 aromatic heterocycles. The van der Waals surface area contributed by atoms with Crippen LogP contribution in [-0.4, -0.2) is 6.71 Å². The van der Waals surface area contributed by atoms with E-state index in [1.54, 1.807) is 0 Å². The number of hydrogen-bond acceptors (Lipinski definition) is 2. The van der Waals surface area contributed by atoms with Crippen LogP contribution in [0.5, 0.6) is 0 Å². The van der Waals surface area contributed by atoms with Crippen LogP contribution in [0, 0.1) is 0 Å². The lowest BCUT2D eigenvalue weighted by Gasteiger charge is -2.47. The summed E-state index contributed by atoms with van der Waals surface area (Å²) in [7, 11) is 0. The Hall–Kier alpha value is -5.80. The summed E-state index contributed by atoms with van der Waals surface area (Å²) >= 11 is 0. The smallest absolute Gasteiger partial charge is 0.252 e. The molecule has 0 fully saturated rings. The first-order valence-corrected chi connectivity index (χ1v) is 18.1. The third-order valence-corrected chi connectivity index (χ3v) is 11.4. The normalized spacial score (nSPS) is 13.4. The lowest BCUT2D eigenvalue weighted by molar-refractivity contribution is 0.639. The zero-order valence-corrected chi connectivity index (χ0v) is 29.7. The highest BCUT2D eigenvalue weighted by Crippen LogP contribution is 2.49. The van der Waals surface area contributed by atoms with Crippen LogP contribution in [0.3, 0.4) is 0 Å². The molecule has 0 N–H and O–H groups in total. The summed E-state index contributed by atoms with van der Waals surface area (Å²) < 4.78 is 0. The van der Waals surface area contributed by atoms with Crippen LogP contribution < -0.4 is 26.2 Å². The summed E-state index contributed by atoms with van der Waals surface area (Å²) in [6.45, 7) is 9.53. The number of rotatable bonds is 6. The highest BCUT2D eigenvalue weighted by molar-refractivity contribution is 7.00. The zero-order chi connectivity index (χ0) is 34.7. The van der Waals surface area contributed by atoms with Crippen LogP contribution in [-0.2, 0) is 10.8 Å². The van der Waals surface area contributed by atoms with Crippen molar-refractivity contribution in [1.82, 2.24) is 0 Å². The molecule has 0 aliphatic carbocycles. The molecule has 0 saturated heterocycles. The summed E-state index contributed by atoms with van der Waals surface area (Å²) in [5.41, 5.74) is 16.1. The van der Waals surface area contributed by atoms with E-state index in [2.05, 4.69) is 213 Å². The minimum absolute atomic E-state index is 0.0570. The molecule has 0 saturated carbocycles. The first kappa shape index (κ1) is 31.2. The fourth-order valence-electron chi connectivity index (χ4n) is 8.59. The first-order valence-electron chi connectivity index (χ1n) is 18.1. The number of benzene rings is 7. The van der Waals surface area contributed by atoms with Crippen molar-refractivity contribution in [3.8, 4) is 0 Å². The minimum atomic E-state index is -0.282. The van der Waals surface area contributed by atoms with Gasteiger partial charge in [-0.15, -0.1) is 0 Å². The van der Waals surface area contributed by atoms with Crippen LogP contribution in [0.25, 0.3) is 0 Å². The van der Waals surface area contributed by atoms with Crippen molar-refractivity contribution in [1.29, 1.82) is 0 Å². The summed E-state index contributed by atoms with van der Waals surface area (Å²) in [6.07, 6.45) is 0. The van der Waals surface area contributed by atoms with Gasteiger partial charge >= 0.3 is 0 Å². The predicted octanol–water partition coefficient (Wildman–Crippen LogP) is 10.4. The molecule has 0 atom stereocenters. The molecule has 0 amide bonds. The Labute approximate surface area is 302 Å². The van der Waals surface area contributed by atoms with E-state index in [-0.39, 0.29) is 17.5 Å². The lowest BCUT2D eigenvalue weighted by atomic mass is 9.33. The number of hydrogen-bond donors (Lipinski definition) is 0. The van der Waals surface area contributed by atoms with Gasteiger partial charge in [0.15, 0.2) is 0 Å². The second-order valence-electron chi connectivity index (χ2n) is 15.0. The van der Waals surface area contributed by atoms with E-state index >= 15 is 0 Å². The van der Waals surface area contributed by atoms with Gasteiger partial charge in [-0.2, -0.15) is 0 Å². The fraction of sp³-hybridized carbons (Fsp3) is 0.125. The Morgan fingerprint density at radius 3 is 1.53 bits per heavy atom. The predicted molar refractivity (Wildman–Crippen MR) is 218 cm³/mol. The number of anilines is 6. The fourth-order valence-corrected chi connectivity index (χ4v) is 8.59. The van der Waals surface area contributed by atoms with E-state index in [1.807, 2.05) is 0 Å². The van der Waals surface area contributed by atoms with Gasteiger partial charge in [-0.1, -0.05) is 161 Å². The van der Waals surface area contributed by atoms with Crippen LogP contribution in [0.15, 0.2) is 176 Å². The molecule has 2 heterocycles. The highest BCUT2D eigenvalue weighted by Gasteiger charge is 2.46. The Balaban J connectivity index is 1.40. The van der Waals surface area contributed by atoms with Gasteiger partial charge in [0.2, 0.25) is 0 Å².